The van der Waals surface area contributed by atoms with Crippen molar-refractivity contribution < 1.29 is 14.3 Å². The molecule has 0 saturated heterocycles. The Labute approximate surface area is 223 Å². The van der Waals surface area contributed by atoms with Crippen molar-refractivity contribution in [2.45, 2.75) is 32.9 Å². The lowest BCUT2D eigenvalue weighted by molar-refractivity contribution is -0.114. The number of benzene rings is 3. The Hall–Kier alpha value is -4.26. The van der Waals surface area contributed by atoms with Gasteiger partial charge in [0.15, 0.2) is 5.60 Å². The van der Waals surface area contributed by atoms with Gasteiger partial charge in [-0.15, -0.1) is 0 Å². The van der Waals surface area contributed by atoms with Gasteiger partial charge in [0, 0.05) is 92.0 Å². The van der Waals surface area contributed by atoms with Gasteiger partial charge < -0.3 is 24.4 Å². The number of aromatic nitrogens is 1. The average molecular weight is 511 g/mol. The lowest BCUT2D eigenvalue weighted by Crippen LogP contribution is -2.32. The van der Waals surface area contributed by atoms with Crippen LogP contribution in [0.1, 0.15) is 46.6 Å². The molecule has 0 aliphatic carbocycles. The van der Waals surface area contributed by atoms with Crippen LogP contribution in [0.3, 0.4) is 0 Å². The molecule has 1 aromatic heterocycles. The average Bonchev–Trinajstić information content (AvgIpc) is 3.33. The Morgan fingerprint density at radius 3 is 2.34 bits per heavy atom. The minimum atomic E-state index is -1.18. The van der Waals surface area contributed by atoms with Crippen molar-refractivity contribution in [3.8, 4) is 0 Å². The molecule has 1 amide bonds. The van der Waals surface area contributed by atoms with Gasteiger partial charge in [0.05, 0.1) is 5.56 Å². The number of hydrogen-bond acceptors (Lipinski definition) is 5. The molecule has 7 nitrogen and oxygen atoms in total. The van der Waals surface area contributed by atoms with Crippen LogP contribution in [0.15, 0.2) is 60.7 Å². The van der Waals surface area contributed by atoms with Gasteiger partial charge in [0.2, 0.25) is 5.91 Å². The number of amides is 1. The van der Waals surface area contributed by atoms with Gasteiger partial charge in [0.25, 0.3) is 0 Å². The Morgan fingerprint density at radius 1 is 0.974 bits per heavy atom. The van der Waals surface area contributed by atoms with Crippen LogP contribution in [-0.4, -0.2) is 44.6 Å². The Balaban J connectivity index is 1.93. The van der Waals surface area contributed by atoms with E-state index < -0.39 is 11.6 Å². The van der Waals surface area contributed by atoms with Crippen molar-refractivity contribution >= 4 is 39.8 Å². The lowest BCUT2D eigenvalue weighted by atomic mass is 9.77. The fourth-order valence-electron chi connectivity index (χ4n) is 5.82. The van der Waals surface area contributed by atoms with Crippen LogP contribution in [0.5, 0.6) is 0 Å². The first kappa shape index (κ1) is 25.4. The summed E-state index contributed by atoms with van der Waals surface area (Å²) in [5.74, 6) is -0.611. The van der Waals surface area contributed by atoms with Gasteiger partial charge in [-0.2, -0.15) is 0 Å². The second kappa shape index (κ2) is 9.24. The van der Waals surface area contributed by atoms with Gasteiger partial charge in [-0.25, -0.2) is 4.79 Å². The van der Waals surface area contributed by atoms with Crippen LogP contribution in [0.25, 0.3) is 10.9 Å². The van der Waals surface area contributed by atoms with Crippen LogP contribution < -0.4 is 15.1 Å². The number of carbonyl (C=O) groups excluding carboxylic acids is 2. The molecule has 0 saturated carbocycles. The SMILES string of the molecule is CCn1c(C)c(C2(c3ccc(N(C)C)cc3N(C)C)OC(=O)c3cc(NC(C)=O)ccc32)c2ccccc21. The number of fused-ring (bicyclic) bond motifs is 2. The molecule has 0 spiro atoms. The number of ether oxygens (including phenoxy) is 1. The largest absolute Gasteiger partial charge is 0.440 e. The third-order valence-corrected chi connectivity index (χ3v) is 7.44. The van der Waals surface area contributed by atoms with Gasteiger partial charge in [-0.3, -0.25) is 4.79 Å². The van der Waals surface area contributed by atoms with Crippen molar-refractivity contribution in [2.75, 3.05) is 43.3 Å². The second-order valence-corrected chi connectivity index (χ2v) is 10.2. The highest BCUT2D eigenvalue weighted by molar-refractivity contribution is 6.01. The molecule has 3 aromatic carbocycles. The second-order valence-electron chi connectivity index (χ2n) is 10.2. The third-order valence-electron chi connectivity index (χ3n) is 7.44. The number of nitrogens with one attached hydrogen (secondary N) is 1. The summed E-state index contributed by atoms with van der Waals surface area (Å²) in [6, 6.07) is 20.0. The fraction of sp³-hybridized carbons (Fsp3) is 0.290. The molecule has 1 unspecified atom stereocenters. The Morgan fingerprint density at radius 2 is 1.68 bits per heavy atom. The smallest absolute Gasteiger partial charge is 0.340 e. The number of hydrogen-bond donors (Lipinski definition) is 1. The highest BCUT2D eigenvalue weighted by Gasteiger charge is 2.52. The maximum Gasteiger partial charge on any atom is 0.340 e. The summed E-state index contributed by atoms with van der Waals surface area (Å²) in [5.41, 5.74) is 6.57. The van der Waals surface area contributed by atoms with E-state index in [0.29, 0.717) is 11.3 Å². The molecule has 1 N–H and O–H groups in total. The molecule has 7 heteroatoms. The summed E-state index contributed by atoms with van der Waals surface area (Å²) in [7, 11) is 8.03. The predicted molar refractivity (Wildman–Crippen MR) is 153 cm³/mol. The van der Waals surface area contributed by atoms with Crippen LogP contribution in [-0.2, 0) is 21.7 Å². The van der Waals surface area contributed by atoms with Crippen molar-refractivity contribution in [3.05, 3.63) is 88.6 Å². The number of rotatable bonds is 6. The maximum atomic E-state index is 13.7. The van der Waals surface area contributed by atoms with E-state index in [-0.39, 0.29) is 5.91 Å². The summed E-state index contributed by atoms with van der Waals surface area (Å²) >= 11 is 0. The summed E-state index contributed by atoms with van der Waals surface area (Å²) < 4.78 is 8.86. The normalized spacial score (nSPS) is 16.3. The van der Waals surface area contributed by atoms with Crippen molar-refractivity contribution in [1.82, 2.24) is 4.57 Å². The number of anilines is 3. The van der Waals surface area contributed by atoms with Gasteiger partial charge >= 0.3 is 5.97 Å². The van der Waals surface area contributed by atoms with E-state index in [4.69, 9.17) is 4.74 Å². The number of nitrogens with zero attached hydrogens (tertiary/aromatic N) is 3. The first-order valence-electron chi connectivity index (χ1n) is 12.8. The molecule has 4 aromatic rings. The quantitative estimate of drug-likeness (QED) is 0.346. The number of para-hydroxylation sites is 1. The molecule has 0 radical (unpaired) electrons. The minimum absolute atomic E-state index is 0.196. The van der Waals surface area contributed by atoms with E-state index in [0.717, 1.165) is 51.2 Å². The molecule has 38 heavy (non-hydrogen) atoms. The van der Waals surface area contributed by atoms with Gasteiger partial charge in [0.1, 0.15) is 0 Å². The summed E-state index contributed by atoms with van der Waals surface area (Å²) in [6.45, 7) is 6.46. The van der Waals surface area contributed by atoms with Crippen molar-refractivity contribution in [1.29, 1.82) is 0 Å². The summed E-state index contributed by atoms with van der Waals surface area (Å²) in [4.78, 5) is 29.6. The van der Waals surface area contributed by atoms with E-state index in [9.17, 15) is 9.59 Å². The zero-order valence-electron chi connectivity index (χ0n) is 23.0. The van der Waals surface area contributed by atoms with E-state index in [1.54, 1.807) is 6.07 Å². The van der Waals surface area contributed by atoms with Crippen LogP contribution in [0, 0.1) is 6.92 Å². The topological polar surface area (TPSA) is 66.8 Å². The predicted octanol–water partition coefficient (Wildman–Crippen LogP) is 5.52. The fourth-order valence-corrected chi connectivity index (χ4v) is 5.82. The number of aryl methyl sites for hydroxylation is 1. The van der Waals surface area contributed by atoms with Crippen molar-refractivity contribution in [3.63, 3.8) is 0 Å². The van der Waals surface area contributed by atoms with E-state index >= 15 is 0 Å². The first-order valence-corrected chi connectivity index (χ1v) is 12.8. The van der Waals surface area contributed by atoms with Gasteiger partial charge in [-0.1, -0.05) is 30.3 Å². The molecule has 2 heterocycles. The Bertz CT molecular complexity index is 1580. The van der Waals surface area contributed by atoms with Crippen LogP contribution in [0.2, 0.25) is 0 Å². The van der Waals surface area contributed by atoms with E-state index in [1.807, 2.05) is 52.5 Å². The standard InChI is InChI=1S/C31H34N4O3/c1-8-35-19(2)29(23-11-9-10-12-27(23)35)31(26-16-14-22(33(4)5)18-28(26)34(6)7)25-15-13-21(32-20(3)36)17-24(25)30(37)38-31/h9-18H,8H2,1-7H3,(H,32,36). The highest BCUT2D eigenvalue weighted by atomic mass is 16.6. The van der Waals surface area contributed by atoms with Crippen molar-refractivity contribution in [2.24, 2.45) is 0 Å². The van der Waals surface area contributed by atoms with Crippen LogP contribution >= 0.6 is 0 Å². The molecule has 196 valence electrons. The Kier molecular flexibility index (Phi) is 6.18. The molecule has 0 bridgehead atoms. The highest BCUT2D eigenvalue weighted by Crippen LogP contribution is 2.53. The molecule has 1 aliphatic heterocycles. The summed E-state index contributed by atoms with van der Waals surface area (Å²) in [5, 5.41) is 3.84. The number of esters is 1. The third kappa shape index (κ3) is 3.72. The zero-order valence-corrected chi connectivity index (χ0v) is 23.0. The van der Waals surface area contributed by atoms with Crippen LogP contribution in [0.4, 0.5) is 17.1 Å². The minimum Gasteiger partial charge on any atom is -0.440 e. The molecular formula is C31H34N4O3. The maximum absolute atomic E-state index is 13.7. The first-order chi connectivity index (χ1) is 18.1. The number of carbonyl (C=O) groups is 2. The molecule has 1 atom stereocenters. The summed E-state index contributed by atoms with van der Waals surface area (Å²) in [6.07, 6.45) is 0. The van der Waals surface area contributed by atoms with Gasteiger partial charge in [-0.05, 0) is 44.2 Å². The van der Waals surface area contributed by atoms with E-state index in [2.05, 4.69) is 63.9 Å². The number of cyclic esters (lactones) is 1. The monoisotopic (exact) mass is 510 g/mol. The molecule has 1 aliphatic rings. The van der Waals surface area contributed by atoms with E-state index in [1.165, 1.54) is 6.92 Å². The molecule has 0 fully saturated rings. The molecular weight excluding hydrogens is 476 g/mol. The lowest BCUT2D eigenvalue weighted by Gasteiger charge is -2.34. The molecule has 5 rings (SSSR count). The zero-order chi connectivity index (χ0) is 27.4.